The second-order valence-corrected chi connectivity index (χ2v) is 6.92. The highest BCUT2D eigenvalue weighted by Gasteiger charge is 2.16. The Balaban J connectivity index is 1.64. The van der Waals surface area contributed by atoms with Crippen molar-refractivity contribution >= 4 is 12.0 Å². The number of benzene rings is 1. The second-order valence-electron chi connectivity index (χ2n) is 6.92. The van der Waals surface area contributed by atoms with Crippen LogP contribution in [-0.2, 0) is 11.3 Å². The topological polar surface area (TPSA) is 66.2 Å². The first-order valence-electron chi connectivity index (χ1n) is 9.75. The number of amides is 1. The van der Waals surface area contributed by atoms with Gasteiger partial charge < -0.3 is 9.64 Å². The van der Waals surface area contributed by atoms with Crippen LogP contribution in [0.15, 0.2) is 54.7 Å². The number of pyridine rings is 1. The van der Waals surface area contributed by atoms with E-state index in [9.17, 15) is 4.79 Å². The molecule has 1 fully saturated rings. The van der Waals surface area contributed by atoms with Gasteiger partial charge in [-0.3, -0.25) is 9.78 Å². The third kappa shape index (κ3) is 5.95. The second kappa shape index (κ2) is 10.3. The third-order valence-electron chi connectivity index (χ3n) is 4.77. The zero-order valence-electron chi connectivity index (χ0n) is 16.0. The van der Waals surface area contributed by atoms with Crippen LogP contribution in [0.1, 0.15) is 43.4 Å². The molecular weight excluding hydrogens is 350 g/mol. The molecule has 1 aromatic carbocycles. The van der Waals surface area contributed by atoms with Gasteiger partial charge in [0, 0.05) is 18.8 Å². The molecule has 1 amide bonds. The van der Waals surface area contributed by atoms with E-state index in [1.165, 1.54) is 12.8 Å². The van der Waals surface area contributed by atoms with Crippen molar-refractivity contribution in [3.63, 3.8) is 0 Å². The highest BCUT2D eigenvalue weighted by Crippen LogP contribution is 2.24. The summed E-state index contributed by atoms with van der Waals surface area (Å²) in [5.41, 5.74) is 1.72. The van der Waals surface area contributed by atoms with Gasteiger partial charge >= 0.3 is 0 Å². The Morgan fingerprint density at radius 3 is 2.86 bits per heavy atom. The van der Waals surface area contributed by atoms with Crippen molar-refractivity contribution in [2.45, 2.75) is 44.8 Å². The van der Waals surface area contributed by atoms with E-state index in [2.05, 4.69) is 11.1 Å². The summed E-state index contributed by atoms with van der Waals surface area (Å²) in [5.74, 6) is 0.708. The Bertz CT molecular complexity index is 836. The number of hydrogen-bond acceptors (Lipinski definition) is 4. The van der Waals surface area contributed by atoms with Gasteiger partial charge in [0.2, 0.25) is 5.91 Å². The number of ether oxygens (including phenoxy) is 1. The SMILES string of the molecule is N#CCCN(Cc1ccccn1)C(=O)C=Cc1cccc(OC2CCCC2)c1. The van der Waals surface area contributed by atoms with Crippen molar-refractivity contribution in [2.24, 2.45) is 0 Å². The molecule has 0 aliphatic heterocycles. The molecule has 1 aromatic heterocycles. The maximum absolute atomic E-state index is 12.7. The molecule has 5 heteroatoms. The Kier molecular flexibility index (Phi) is 7.20. The van der Waals surface area contributed by atoms with Gasteiger partial charge in [0.15, 0.2) is 0 Å². The summed E-state index contributed by atoms with van der Waals surface area (Å²) in [6.45, 7) is 0.762. The van der Waals surface area contributed by atoms with E-state index < -0.39 is 0 Å². The molecule has 1 saturated carbocycles. The molecule has 1 heterocycles. The van der Waals surface area contributed by atoms with Crippen molar-refractivity contribution in [2.75, 3.05) is 6.54 Å². The smallest absolute Gasteiger partial charge is 0.246 e. The molecule has 0 spiro atoms. The maximum Gasteiger partial charge on any atom is 0.246 e. The van der Waals surface area contributed by atoms with Crippen molar-refractivity contribution in [1.82, 2.24) is 9.88 Å². The monoisotopic (exact) mass is 375 g/mol. The summed E-state index contributed by atoms with van der Waals surface area (Å²) in [6.07, 6.45) is 10.3. The lowest BCUT2D eigenvalue weighted by Gasteiger charge is -2.19. The number of rotatable bonds is 8. The van der Waals surface area contributed by atoms with Gasteiger partial charge in [0.05, 0.1) is 30.8 Å². The fourth-order valence-corrected chi connectivity index (χ4v) is 3.30. The highest BCUT2D eigenvalue weighted by atomic mass is 16.5. The number of carbonyl (C=O) groups excluding carboxylic acids is 1. The minimum atomic E-state index is -0.136. The maximum atomic E-state index is 12.7. The molecule has 1 aliphatic rings. The van der Waals surface area contributed by atoms with Gasteiger partial charge in [-0.2, -0.15) is 5.26 Å². The number of nitriles is 1. The molecule has 0 radical (unpaired) electrons. The number of hydrogen-bond donors (Lipinski definition) is 0. The predicted molar refractivity (Wildman–Crippen MR) is 108 cm³/mol. The van der Waals surface area contributed by atoms with E-state index >= 15 is 0 Å². The summed E-state index contributed by atoms with van der Waals surface area (Å²) in [5, 5.41) is 8.88. The van der Waals surface area contributed by atoms with E-state index in [0.29, 0.717) is 19.2 Å². The predicted octanol–water partition coefficient (Wildman–Crippen LogP) is 4.36. The summed E-state index contributed by atoms with van der Waals surface area (Å²) in [6, 6.07) is 15.5. The first-order valence-corrected chi connectivity index (χ1v) is 9.75. The average molecular weight is 375 g/mol. The standard InChI is InChI=1S/C23H25N3O2/c24-14-6-16-26(18-20-8-3-4-15-25-20)23(27)13-12-19-7-5-11-22(17-19)28-21-9-1-2-10-21/h3-5,7-8,11-13,15,17,21H,1-2,6,9-10,16,18H2. The summed E-state index contributed by atoms with van der Waals surface area (Å²) in [7, 11) is 0. The van der Waals surface area contributed by atoms with Crippen LogP contribution < -0.4 is 4.74 Å². The van der Waals surface area contributed by atoms with Crippen LogP contribution in [0, 0.1) is 11.3 Å². The van der Waals surface area contributed by atoms with Crippen molar-refractivity contribution in [1.29, 1.82) is 5.26 Å². The molecule has 144 valence electrons. The average Bonchev–Trinajstić information content (AvgIpc) is 3.23. The normalized spacial score (nSPS) is 14.1. The van der Waals surface area contributed by atoms with E-state index in [4.69, 9.17) is 10.00 Å². The summed E-state index contributed by atoms with van der Waals surface area (Å²) in [4.78, 5) is 18.6. The van der Waals surface area contributed by atoms with Crippen LogP contribution in [-0.4, -0.2) is 28.4 Å². The van der Waals surface area contributed by atoms with Crippen molar-refractivity contribution in [3.8, 4) is 11.8 Å². The Morgan fingerprint density at radius 1 is 1.25 bits per heavy atom. The zero-order valence-corrected chi connectivity index (χ0v) is 16.0. The zero-order chi connectivity index (χ0) is 19.6. The Hall–Kier alpha value is -3.13. The molecule has 0 bridgehead atoms. The Morgan fingerprint density at radius 2 is 2.11 bits per heavy atom. The first-order chi connectivity index (χ1) is 13.7. The van der Waals surface area contributed by atoms with Crippen LogP contribution >= 0.6 is 0 Å². The van der Waals surface area contributed by atoms with Gasteiger partial charge in [-0.1, -0.05) is 18.2 Å². The Labute approximate surface area is 166 Å². The van der Waals surface area contributed by atoms with E-state index in [-0.39, 0.29) is 12.3 Å². The van der Waals surface area contributed by atoms with Crippen molar-refractivity contribution in [3.05, 3.63) is 66.0 Å². The first kappa shape index (κ1) is 19.6. The summed E-state index contributed by atoms with van der Waals surface area (Å²) < 4.78 is 6.03. The van der Waals surface area contributed by atoms with Gasteiger partial charge in [-0.25, -0.2) is 0 Å². The fraction of sp³-hybridized carbons (Fsp3) is 0.348. The molecule has 2 aromatic rings. The third-order valence-corrected chi connectivity index (χ3v) is 4.77. The lowest BCUT2D eigenvalue weighted by Crippen LogP contribution is -2.30. The van der Waals surface area contributed by atoms with Gasteiger partial charge in [0.25, 0.3) is 0 Å². The molecule has 3 rings (SSSR count). The van der Waals surface area contributed by atoms with Crippen LogP contribution in [0.2, 0.25) is 0 Å². The van der Waals surface area contributed by atoms with Gasteiger partial charge in [0.1, 0.15) is 5.75 Å². The molecule has 5 nitrogen and oxygen atoms in total. The lowest BCUT2D eigenvalue weighted by molar-refractivity contribution is -0.126. The van der Waals surface area contributed by atoms with Crippen LogP contribution in [0.4, 0.5) is 0 Å². The fourth-order valence-electron chi connectivity index (χ4n) is 3.30. The molecule has 0 unspecified atom stereocenters. The van der Waals surface area contributed by atoms with Gasteiger partial charge in [-0.15, -0.1) is 0 Å². The minimum Gasteiger partial charge on any atom is -0.490 e. The largest absolute Gasteiger partial charge is 0.490 e. The number of aromatic nitrogens is 1. The highest BCUT2D eigenvalue weighted by molar-refractivity contribution is 5.91. The number of nitrogens with zero attached hydrogens (tertiary/aromatic N) is 3. The van der Waals surface area contributed by atoms with Crippen LogP contribution in [0.3, 0.4) is 0 Å². The van der Waals surface area contributed by atoms with E-state index in [0.717, 1.165) is 29.8 Å². The van der Waals surface area contributed by atoms with E-state index in [1.54, 1.807) is 23.2 Å². The molecule has 28 heavy (non-hydrogen) atoms. The molecule has 0 atom stereocenters. The van der Waals surface area contributed by atoms with E-state index in [1.807, 2.05) is 42.5 Å². The molecule has 0 N–H and O–H groups in total. The van der Waals surface area contributed by atoms with Crippen LogP contribution in [0.25, 0.3) is 6.08 Å². The quantitative estimate of drug-likeness (QED) is 0.643. The molecular formula is C23H25N3O2. The van der Waals surface area contributed by atoms with Gasteiger partial charge in [-0.05, 0) is 61.6 Å². The molecule has 0 saturated heterocycles. The lowest BCUT2D eigenvalue weighted by atomic mass is 10.2. The summed E-state index contributed by atoms with van der Waals surface area (Å²) >= 11 is 0. The minimum absolute atomic E-state index is 0.136. The van der Waals surface area contributed by atoms with Crippen molar-refractivity contribution < 1.29 is 9.53 Å². The number of carbonyl (C=O) groups is 1. The molecule has 1 aliphatic carbocycles. The van der Waals surface area contributed by atoms with Crippen LogP contribution in [0.5, 0.6) is 5.75 Å².